The first-order valence-electron chi connectivity index (χ1n) is 26.0. The number of hydrogen-bond acceptors (Lipinski definition) is 8. The number of hydrogen-bond donors (Lipinski definition) is 5. The number of amides is 4. The van der Waals surface area contributed by atoms with Crippen molar-refractivity contribution in [2.24, 2.45) is 67.8 Å². The van der Waals surface area contributed by atoms with E-state index >= 15 is 0 Å². The average Bonchev–Trinajstić information content (AvgIpc) is 3.62. The molecular weight excluding hydrogens is 849 g/mol. The molecule has 5 aliphatic carbocycles. The number of esters is 1. The molecule has 6 N–H and O–H groups in total. The summed E-state index contributed by atoms with van der Waals surface area (Å²) in [6.07, 6.45) is 14.8. The minimum atomic E-state index is -1.17. The number of primary amides is 1. The molecule has 0 aromatic carbocycles. The lowest BCUT2D eigenvalue weighted by Gasteiger charge is -2.72. The van der Waals surface area contributed by atoms with E-state index in [-0.39, 0.29) is 70.2 Å². The fraction of sp³-hybridized carbons (Fsp3) is 0.852. The van der Waals surface area contributed by atoms with E-state index in [1.165, 1.54) is 5.57 Å². The van der Waals surface area contributed by atoms with Crippen molar-refractivity contribution in [1.82, 2.24) is 16.0 Å². The lowest BCUT2D eigenvalue weighted by Crippen LogP contribution is -2.67. The fourth-order valence-electron chi connectivity index (χ4n) is 15.0. The highest BCUT2D eigenvalue weighted by atomic mass is 16.6. The van der Waals surface area contributed by atoms with Gasteiger partial charge in [-0.05, 0) is 171 Å². The van der Waals surface area contributed by atoms with Gasteiger partial charge in [0.2, 0.25) is 17.7 Å². The third-order valence-corrected chi connectivity index (χ3v) is 18.8. The second kappa shape index (κ2) is 20.8. The zero-order valence-electron chi connectivity index (χ0n) is 43.4. The van der Waals surface area contributed by atoms with E-state index in [2.05, 4.69) is 64.1 Å². The van der Waals surface area contributed by atoms with Crippen molar-refractivity contribution >= 4 is 35.8 Å². The number of nitrogens with two attached hydrogens (primary N) is 1. The van der Waals surface area contributed by atoms with Gasteiger partial charge < -0.3 is 36.3 Å². The lowest BCUT2D eigenvalue weighted by atomic mass is 9.32. The smallest absolute Gasteiger partial charge is 0.408 e. The van der Waals surface area contributed by atoms with Crippen LogP contribution in [0.3, 0.4) is 0 Å². The molecule has 5 saturated carbocycles. The van der Waals surface area contributed by atoms with Crippen LogP contribution in [0, 0.1) is 62.1 Å². The zero-order chi connectivity index (χ0) is 50.0. The Kier molecular flexibility index (Phi) is 16.8. The number of fused-ring (bicyclic) bond motifs is 7. The maximum atomic E-state index is 14.6. The predicted octanol–water partition coefficient (Wildman–Crippen LogP) is 9.79. The van der Waals surface area contributed by atoms with Crippen molar-refractivity contribution in [3.05, 3.63) is 12.2 Å². The van der Waals surface area contributed by atoms with Crippen LogP contribution >= 0.6 is 0 Å². The van der Waals surface area contributed by atoms with E-state index in [1.54, 1.807) is 34.6 Å². The largest absolute Gasteiger partial charge is 0.481 e. The number of carboxylic acid groups (broad SMARTS) is 1. The number of carbonyl (C=O) groups is 6. The maximum absolute atomic E-state index is 14.6. The first-order chi connectivity index (χ1) is 31.1. The van der Waals surface area contributed by atoms with Gasteiger partial charge >= 0.3 is 18.0 Å². The van der Waals surface area contributed by atoms with Crippen LogP contribution in [0.2, 0.25) is 0 Å². The summed E-state index contributed by atoms with van der Waals surface area (Å²) in [6.45, 7) is 28.5. The highest BCUT2D eigenvalue weighted by Crippen LogP contribution is 2.77. The van der Waals surface area contributed by atoms with Crippen LogP contribution in [-0.2, 0) is 33.4 Å². The second-order valence-electron chi connectivity index (χ2n) is 24.9. The van der Waals surface area contributed by atoms with Gasteiger partial charge in [0.1, 0.15) is 17.7 Å². The van der Waals surface area contributed by atoms with Crippen LogP contribution in [0.15, 0.2) is 12.2 Å². The topological polar surface area (TPSA) is 203 Å². The number of alkyl carbamates (subject to hydrolysis) is 1. The van der Waals surface area contributed by atoms with Gasteiger partial charge in [-0.25, -0.2) is 4.79 Å². The van der Waals surface area contributed by atoms with E-state index in [1.807, 2.05) is 0 Å². The standard InChI is InChI=1S/C54H90N4O9/c1-34(2)35-23-28-54(45(62)57-32-18-16-14-13-15-17-31-56-44(61)37(20-22-41(55)59)58-47(65)67-48(3,4)5)30-29-52(11)36(43(35)54)19-21-39-51(10)26-25-40(66-42(60)33-49(6,7)46(63)64)50(8,9)38(51)24-27-53(39,52)12/h35-40,43H,1,13-33H2,2-12H3,(H2,55,59)(H,56,61)(H,57,62)(H,58,65)(H,63,64)/t35-,36+,37-,38-,39+,40-,43+,51-,52+,53+,54-/m0/s1. The normalized spacial score (nSPS) is 33.6. The monoisotopic (exact) mass is 939 g/mol. The van der Waals surface area contributed by atoms with Gasteiger partial charge in [0.05, 0.1) is 17.3 Å². The molecule has 0 unspecified atom stereocenters. The second-order valence-corrected chi connectivity index (χ2v) is 24.9. The average molecular weight is 939 g/mol. The van der Waals surface area contributed by atoms with Gasteiger partial charge in [-0.1, -0.05) is 72.5 Å². The summed E-state index contributed by atoms with van der Waals surface area (Å²) in [5.74, 6) is -0.123. The molecule has 0 radical (unpaired) electrons. The summed E-state index contributed by atoms with van der Waals surface area (Å²) in [6, 6.07) is -0.914. The molecule has 13 heteroatoms. The Morgan fingerprint density at radius 1 is 0.761 bits per heavy atom. The minimum absolute atomic E-state index is 0.0318. The molecular formula is C54H90N4O9. The molecule has 0 aromatic rings. The first kappa shape index (κ1) is 54.3. The number of aliphatic carboxylic acids is 1. The van der Waals surface area contributed by atoms with Crippen LogP contribution in [0.1, 0.15) is 198 Å². The Balaban J connectivity index is 1.13. The SMILES string of the molecule is C=C(C)[C@@H]1CC[C@]2(C(=O)NCCCCCCCCNC(=O)[C@H](CCC(N)=O)NC(=O)OC(C)(C)C)CC[C@]3(C)[C@H](CC[C@@H]4[C@@]5(C)CC[C@H](OC(=O)CC(C)(C)C(=O)O)C(C)(C)[C@@H]5CC[C@]43C)[C@@H]12. The van der Waals surface area contributed by atoms with Crippen molar-refractivity contribution in [3.8, 4) is 0 Å². The van der Waals surface area contributed by atoms with E-state index in [4.69, 9.17) is 15.2 Å². The Labute approximate surface area is 402 Å². The van der Waals surface area contributed by atoms with Gasteiger partial charge in [-0.3, -0.25) is 24.0 Å². The minimum Gasteiger partial charge on any atom is -0.481 e. The van der Waals surface area contributed by atoms with Crippen LogP contribution in [0.25, 0.3) is 0 Å². The van der Waals surface area contributed by atoms with Crippen LogP contribution in [0.5, 0.6) is 0 Å². The van der Waals surface area contributed by atoms with Crippen molar-refractivity contribution in [1.29, 1.82) is 0 Å². The molecule has 0 aromatic heterocycles. The fourth-order valence-corrected chi connectivity index (χ4v) is 15.0. The van der Waals surface area contributed by atoms with Gasteiger partial charge in [0.25, 0.3) is 0 Å². The van der Waals surface area contributed by atoms with Crippen molar-refractivity contribution in [3.63, 3.8) is 0 Å². The molecule has 0 bridgehead atoms. The molecule has 11 atom stereocenters. The van der Waals surface area contributed by atoms with E-state index in [9.17, 15) is 33.9 Å². The zero-order valence-corrected chi connectivity index (χ0v) is 43.4. The van der Waals surface area contributed by atoms with Gasteiger partial charge in [-0.15, -0.1) is 0 Å². The number of ether oxygens (including phenoxy) is 2. The summed E-state index contributed by atoms with van der Waals surface area (Å²) >= 11 is 0. The van der Waals surface area contributed by atoms with Crippen molar-refractivity contribution in [2.75, 3.05) is 13.1 Å². The highest BCUT2D eigenvalue weighted by molar-refractivity contribution is 5.86. The molecule has 67 heavy (non-hydrogen) atoms. The highest BCUT2D eigenvalue weighted by Gasteiger charge is 2.72. The number of unbranched alkanes of at least 4 members (excludes halogenated alkanes) is 5. The molecule has 13 nitrogen and oxygen atoms in total. The summed E-state index contributed by atoms with van der Waals surface area (Å²) in [7, 11) is 0. The number of carbonyl (C=O) groups excluding carboxylic acids is 5. The summed E-state index contributed by atoms with van der Waals surface area (Å²) in [4.78, 5) is 76.2. The van der Waals surface area contributed by atoms with Gasteiger partial charge in [0.15, 0.2) is 0 Å². The quantitative estimate of drug-likeness (QED) is 0.0447. The van der Waals surface area contributed by atoms with Crippen molar-refractivity contribution < 1.29 is 43.3 Å². The Morgan fingerprint density at radius 2 is 1.39 bits per heavy atom. The third-order valence-electron chi connectivity index (χ3n) is 18.8. The summed E-state index contributed by atoms with van der Waals surface area (Å²) < 4.78 is 11.5. The molecule has 380 valence electrons. The Morgan fingerprint density at radius 3 is 1.99 bits per heavy atom. The molecule has 0 heterocycles. The number of allylic oxidation sites excluding steroid dienone is 1. The van der Waals surface area contributed by atoms with E-state index in [0.29, 0.717) is 36.8 Å². The molecule has 5 aliphatic rings. The van der Waals surface area contributed by atoms with Gasteiger partial charge in [-0.2, -0.15) is 0 Å². The summed E-state index contributed by atoms with van der Waals surface area (Å²) in [5.41, 5.74) is 4.28. The van der Waals surface area contributed by atoms with Gasteiger partial charge in [0, 0.05) is 24.9 Å². The van der Waals surface area contributed by atoms with E-state index < -0.39 is 41.0 Å². The van der Waals surface area contributed by atoms with Crippen LogP contribution in [-0.4, -0.2) is 71.7 Å². The number of rotatable bonds is 20. The van der Waals surface area contributed by atoms with Crippen molar-refractivity contribution in [2.45, 2.75) is 216 Å². The molecule has 4 amide bonds. The summed E-state index contributed by atoms with van der Waals surface area (Å²) in [5, 5.41) is 18.6. The number of carboxylic acids is 1. The molecule has 0 aliphatic heterocycles. The molecule has 5 rings (SSSR count). The molecule has 0 spiro atoms. The molecule has 5 fully saturated rings. The Bertz CT molecular complexity index is 1860. The van der Waals surface area contributed by atoms with E-state index in [0.717, 1.165) is 103 Å². The predicted molar refractivity (Wildman–Crippen MR) is 260 cm³/mol. The Hall–Kier alpha value is -3.64. The van der Waals surface area contributed by atoms with Crippen LogP contribution < -0.4 is 21.7 Å². The maximum Gasteiger partial charge on any atom is 0.408 e. The third kappa shape index (κ3) is 11.4. The lowest BCUT2D eigenvalue weighted by molar-refractivity contribution is -0.249. The molecule has 0 saturated heterocycles. The first-order valence-corrected chi connectivity index (χ1v) is 26.0. The number of nitrogens with one attached hydrogen (secondary N) is 3. The van der Waals surface area contributed by atoms with Crippen LogP contribution in [0.4, 0.5) is 4.79 Å².